The number of carbonyl (C=O) groups is 1. The summed E-state index contributed by atoms with van der Waals surface area (Å²) in [7, 11) is -4.11. The van der Waals surface area contributed by atoms with E-state index >= 15 is 0 Å². The average molecular weight is 354 g/mol. The van der Waals surface area contributed by atoms with Crippen molar-refractivity contribution in [3.63, 3.8) is 0 Å². The second-order valence-corrected chi connectivity index (χ2v) is 6.50. The summed E-state index contributed by atoms with van der Waals surface area (Å²) in [6.45, 7) is 4.35. The molecule has 24 heavy (non-hydrogen) atoms. The van der Waals surface area contributed by atoms with Crippen LogP contribution >= 0.6 is 0 Å². The van der Waals surface area contributed by atoms with E-state index in [-0.39, 0.29) is 16.0 Å². The van der Waals surface area contributed by atoms with Crippen LogP contribution in [0.3, 0.4) is 0 Å². The van der Waals surface area contributed by atoms with Crippen LogP contribution in [0.2, 0.25) is 0 Å². The molecule has 0 amide bonds. The van der Waals surface area contributed by atoms with Crippen molar-refractivity contribution < 1.29 is 23.1 Å². The molecule has 8 heteroatoms. The molecule has 0 saturated heterocycles. The van der Waals surface area contributed by atoms with Gasteiger partial charge in [-0.15, -0.1) is 0 Å². The van der Waals surface area contributed by atoms with E-state index in [2.05, 4.69) is 5.32 Å². The first-order valence-corrected chi connectivity index (χ1v) is 8.97. The maximum Gasteiger partial charge on any atom is 0.335 e. The van der Waals surface area contributed by atoms with E-state index < -0.39 is 16.0 Å². The van der Waals surface area contributed by atoms with Gasteiger partial charge in [-0.2, -0.15) is 0 Å². The number of allylic oxidation sites excluding steroid dienone is 1. The largest absolute Gasteiger partial charge is 0.478 e. The molecule has 1 aromatic carbocycles. The Balaban J connectivity index is 3.45. The Morgan fingerprint density at radius 3 is 2.62 bits per heavy atom. The number of nitrogens with one attached hydrogen (secondary N) is 1. The fraction of sp³-hybridized carbons (Fsp3) is 0.312. The lowest BCUT2D eigenvalue weighted by molar-refractivity contribution is 0.0696. The number of carboxylic acid groups (broad SMARTS) is 1. The van der Waals surface area contributed by atoms with E-state index in [1.807, 2.05) is 6.92 Å². The molecule has 0 aliphatic rings. The van der Waals surface area contributed by atoms with Crippen molar-refractivity contribution in [3.05, 3.63) is 41.9 Å². The molecule has 0 unspecified atom stereocenters. The van der Waals surface area contributed by atoms with Crippen molar-refractivity contribution in [2.45, 2.75) is 31.6 Å². The SMILES string of the molecule is C/C=C\O/C=C/c1c(NCCCC)cc(C(=O)O)cc1S(N)(=O)=O. The maximum atomic E-state index is 11.9. The molecule has 0 saturated carbocycles. The summed E-state index contributed by atoms with van der Waals surface area (Å²) in [6.07, 6.45) is 7.60. The lowest BCUT2D eigenvalue weighted by atomic mass is 10.1. The number of carboxylic acids is 1. The quantitative estimate of drug-likeness (QED) is 0.463. The number of sulfonamides is 1. The molecule has 0 bridgehead atoms. The summed E-state index contributed by atoms with van der Waals surface area (Å²) < 4.78 is 28.8. The van der Waals surface area contributed by atoms with Gasteiger partial charge in [0.15, 0.2) is 0 Å². The van der Waals surface area contributed by atoms with Crippen LogP contribution in [0.4, 0.5) is 5.69 Å². The summed E-state index contributed by atoms with van der Waals surface area (Å²) in [5, 5.41) is 17.5. The van der Waals surface area contributed by atoms with Gasteiger partial charge in [0, 0.05) is 17.8 Å². The van der Waals surface area contributed by atoms with Crippen molar-refractivity contribution in [2.24, 2.45) is 5.14 Å². The predicted molar refractivity (Wildman–Crippen MR) is 93.1 cm³/mol. The molecule has 1 aromatic rings. The molecular formula is C16H22N2O5S. The highest BCUT2D eigenvalue weighted by Gasteiger charge is 2.20. The van der Waals surface area contributed by atoms with Crippen LogP contribution in [0, 0.1) is 0 Å². The summed E-state index contributed by atoms with van der Waals surface area (Å²) in [5.41, 5.74) is 0.459. The van der Waals surface area contributed by atoms with Gasteiger partial charge in [0.25, 0.3) is 0 Å². The fourth-order valence-electron chi connectivity index (χ4n) is 1.93. The summed E-state index contributed by atoms with van der Waals surface area (Å²) >= 11 is 0. The lowest BCUT2D eigenvalue weighted by Crippen LogP contribution is -2.16. The topological polar surface area (TPSA) is 119 Å². The number of rotatable bonds is 9. The minimum atomic E-state index is -4.11. The number of hydrogen-bond donors (Lipinski definition) is 3. The summed E-state index contributed by atoms with van der Waals surface area (Å²) in [4.78, 5) is 11.0. The first-order chi connectivity index (χ1) is 11.3. The smallest absolute Gasteiger partial charge is 0.335 e. The zero-order valence-corrected chi connectivity index (χ0v) is 14.5. The highest BCUT2D eigenvalue weighted by Crippen LogP contribution is 2.27. The Hall–Kier alpha value is -2.32. The van der Waals surface area contributed by atoms with Gasteiger partial charge in [-0.1, -0.05) is 19.4 Å². The maximum absolute atomic E-state index is 11.9. The number of aromatic carboxylic acids is 1. The van der Waals surface area contributed by atoms with Crippen molar-refractivity contribution in [3.8, 4) is 0 Å². The van der Waals surface area contributed by atoms with Crippen LogP contribution in [-0.4, -0.2) is 26.0 Å². The highest BCUT2D eigenvalue weighted by atomic mass is 32.2. The van der Waals surface area contributed by atoms with Crippen molar-refractivity contribution in [1.82, 2.24) is 0 Å². The van der Waals surface area contributed by atoms with E-state index in [0.717, 1.165) is 18.9 Å². The fourth-order valence-corrected chi connectivity index (χ4v) is 2.71. The minimum absolute atomic E-state index is 0.162. The zero-order valence-electron chi connectivity index (χ0n) is 13.7. The first-order valence-electron chi connectivity index (χ1n) is 7.42. The second-order valence-electron chi connectivity index (χ2n) is 4.97. The molecule has 0 heterocycles. The van der Waals surface area contributed by atoms with E-state index in [1.54, 1.807) is 13.0 Å². The number of unbranched alkanes of at least 4 members (excludes halogenated alkanes) is 1. The van der Waals surface area contributed by atoms with Gasteiger partial charge < -0.3 is 15.2 Å². The van der Waals surface area contributed by atoms with Gasteiger partial charge in [0.2, 0.25) is 10.0 Å². The normalized spacial score (nSPS) is 12.0. The van der Waals surface area contributed by atoms with Gasteiger partial charge in [0.05, 0.1) is 23.0 Å². The standard InChI is InChI=1S/C16H22N2O5S/c1-3-5-7-18-14-10-12(16(19)20)11-15(24(17,21)22)13(14)6-9-23-8-4-2/h4,6,8-11,18H,3,5,7H2,1-2H3,(H,19,20)(H2,17,21,22)/b8-4-,9-6+. The number of nitrogens with two attached hydrogens (primary N) is 1. The molecule has 0 fully saturated rings. The Kier molecular flexibility index (Phi) is 7.47. The van der Waals surface area contributed by atoms with Crippen LogP contribution in [0.1, 0.15) is 42.6 Å². The molecular weight excluding hydrogens is 332 g/mol. The number of hydrogen-bond acceptors (Lipinski definition) is 5. The van der Waals surface area contributed by atoms with Gasteiger partial charge in [0.1, 0.15) is 0 Å². The molecule has 132 valence electrons. The molecule has 0 aromatic heterocycles. The number of benzene rings is 1. The van der Waals surface area contributed by atoms with E-state index in [9.17, 15) is 18.3 Å². The molecule has 0 atom stereocenters. The second kappa shape index (κ2) is 9.09. The van der Waals surface area contributed by atoms with Gasteiger partial charge in [-0.05, 0) is 31.6 Å². The molecule has 1 rings (SSSR count). The van der Waals surface area contributed by atoms with E-state index in [1.165, 1.54) is 24.7 Å². The van der Waals surface area contributed by atoms with Crippen LogP contribution in [0.5, 0.6) is 0 Å². The molecule has 0 aliphatic heterocycles. The predicted octanol–water partition coefficient (Wildman–Crippen LogP) is 2.77. The Morgan fingerprint density at radius 1 is 1.38 bits per heavy atom. The zero-order chi connectivity index (χ0) is 18.2. The van der Waals surface area contributed by atoms with Gasteiger partial charge in [-0.25, -0.2) is 18.4 Å². The third-order valence-corrected chi connectivity index (χ3v) is 4.02. The number of ether oxygens (including phenoxy) is 1. The molecule has 4 N–H and O–H groups in total. The Labute approximate surface area is 141 Å². The number of anilines is 1. The van der Waals surface area contributed by atoms with Gasteiger partial charge in [-0.3, -0.25) is 0 Å². The van der Waals surface area contributed by atoms with E-state index in [4.69, 9.17) is 9.88 Å². The monoisotopic (exact) mass is 354 g/mol. The lowest BCUT2D eigenvalue weighted by Gasteiger charge is -2.14. The first kappa shape index (κ1) is 19.7. The van der Waals surface area contributed by atoms with Crippen molar-refractivity contribution >= 4 is 27.8 Å². The van der Waals surface area contributed by atoms with Crippen LogP contribution in [0.15, 0.2) is 35.6 Å². The Bertz CT molecular complexity index is 739. The molecule has 0 spiro atoms. The third kappa shape index (κ3) is 5.71. The molecule has 7 nitrogen and oxygen atoms in total. The van der Waals surface area contributed by atoms with Crippen LogP contribution < -0.4 is 10.5 Å². The van der Waals surface area contributed by atoms with Crippen molar-refractivity contribution in [1.29, 1.82) is 0 Å². The van der Waals surface area contributed by atoms with Crippen LogP contribution in [0.25, 0.3) is 6.08 Å². The van der Waals surface area contributed by atoms with Crippen molar-refractivity contribution in [2.75, 3.05) is 11.9 Å². The van der Waals surface area contributed by atoms with Crippen LogP contribution in [-0.2, 0) is 14.8 Å². The molecule has 0 radical (unpaired) electrons. The summed E-state index contributed by atoms with van der Waals surface area (Å²) in [6, 6.07) is 2.42. The average Bonchev–Trinajstić information content (AvgIpc) is 2.51. The van der Waals surface area contributed by atoms with Gasteiger partial charge >= 0.3 is 5.97 Å². The highest BCUT2D eigenvalue weighted by molar-refractivity contribution is 7.89. The molecule has 0 aliphatic carbocycles. The minimum Gasteiger partial charge on any atom is -0.478 e. The third-order valence-electron chi connectivity index (χ3n) is 3.07. The van der Waals surface area contributed by atoms with E-state index in [0.29, 0.717) is 12.2 Å². The number of primary sulfonamides is 1. The summed E-state index contributed by atoms with van der Waals surface area (Å²) in [5.74, 6) is -1.24. The Morgan fingerprint density at radius 2 is 2.08 bits per heavy atom.